The molecule has 1 amide bonds. The number of nitrogens with two attached hydrogens (primary N) is 1. The Morgan fingerprint density at radius 3 is 2.58 bits per heavy atom. The van der Waals surface area contributed by atoms with Crippen molar-refractivity contribution in [1.82, 2.24) is 15.5 Å². The molecule has 0 aromatic heterocycles. The van der Waals surface area contributed by atoms with Crippen LogP contribution in [0.3, 0.4) is 0 Å². The predicted octanol–water partition coefficient (Wildman–Crippen LogP) is 3.82. The van der Waals surface area contributed by atoms with E-state index in [0.717, 1.165) is 57.9 Å². The molecule has 1 unspecified atom stereocenters. The normalized spacial score (nSPS) is 16.7. The fraction of sp³-hybridized carbons (Fsp3) is 0.462. The van der Waals surface area contributed by atoms with E-state index in [1.165, 1.54) is 22.3 Å². The molecule has 1 heterocycles. The molecule has 1 aliphatic heterocycles. The molecule has 2 aromatic carbocycles. The van der Waals surface area contributed by atoms with Crippen LogP contribution in [0.2, 0.25) is 0 Å². The third kappa shape index (κ3) is 8.62. The minimum absolute atomic E-state index is 0. The second-order valence-corrected chi connectivity index (χ2v) is 8.47. The van der Waals surface area contributed by atoms with E-state index < -0.39 is 0 Å². The molecule has 0 saturated carbocycles. The Morgan fingerprint density at radius 2 is 1.85 bits per heavy atom. The van der Waals surface area contributed by atoms with Crippen molar-refractivity contribution in [2.24, 2.45) is 16.6 Å². The van der Waals surface area contributed by atoms with Crippen LogP contribution < -0.4 is 16.4 Å². The Kier molecular flexibility index (Phi) is 11.7. The summed E-state index contributed by atoms with van der Waals surface area (Å²) >= 11 is 0. The number of rotatable bonds is 9. The van der Waals surface area contributed by atoms with Gasteiger partial charge in [-0.15, -0.1) is 24.0 Å². The summed E-state index contributed by atoms with van der Waals surface area (Å²) in [5.41, 5.74) is 10.6. The number of piperidine rings is 1. The number of amides is 1. The molecule has 1 fully saturated rings. The fourth-order valence-electron chi connectivity index (χ4n) is 4.28. The second-order valence-electron chi connectivity index (χ2n) is 8.47. The van der Waals surface area contributed by atoms with Gasteiger partial charge in [0.25, 0.3) is 0 Å². The highest BCUT2D eigenvalue weighted by atomic mass is 127. The van der Waals surface area contributed by atoms with Gasteiger partial charge in [-0.3, -0.25) is 9.69 Å². The van der Waals surface area contributed by atoms with E-state index in [2.05, 4.69) is 77.9 Å². The van der Waals surface area contributed by atoms with Crippen LogP contribution in [0.5, 0.6) is 0 Å². The molecule has 0 spiro atoms. The standard InChI is InChI=1S/C26H37N5O.HI/c1-3-22-11-5-6-12-23(22)17-30-26(28-4-2)29-16-20-9-7-10-21(15-20)18-31-14-8-13-24(19-31)25(27)32;/h5-7,9-12,15,24H,3-4,8,13-14,16-19H2,1-2H3,(H2,27,32)(H2,28,29,30);1H. The molecular formula is C26H38IN5O. The Bertz CT molecular complexity index is 917. The summed E-state index contributed by atoms with van der Waals surface area (Å²) in [6.07, 6.45) is 2.95. The number of benzene rings is 2. The van der Waals surface area contributed by atoms with E-state index in [-0.39, 0.29) is 35.8 Å². The van der Waals surface area contributed by atoms with Crippen molar-refractivity contribution in [2.75, 3.05) is 19.6 Å². The predicted molar refractivity (Wildman–Crippen MR) is 147 cm³/mol. The number of likely N-dealkylation sites (tertiary alicyclic amines) is 1. The van der Waals surface area contributed by atoms with Gasteiger partial charge in [0.2, 0.25) is 5.91 Å². The van der Waals surface area contributed by atoms with Gasteiger partial charge in [0.1, 0.15) is 0 Å². The number of guanidine groups is 1. The van der Waals surface area contributed by atoms with Gasteiger partial charge in [-0.2, -0.15) is 0 Å². The van der Waals surface area contributed by atoms with E-state index >= 15 is 0 Å². The van der Waals surface area contributed by atoms with Crippen molar-refractivity contribution in [2.45, 2.75) is 52.7 Å². The first-order valence-electron chi connectivity index (χ1n) is 11.8. The van der Waals surface area contributed by atoms with E-state index in [0.29, 0.717) is 6.54 Å². The van der Waals surface area contributed by atoms with Crippen molar-refractivity contribution < 1.29 is 4.79 Å². The van der Waals surface area contributed by atoms with Crippen LogP contribution in [-0.2, 0) is 30.8 Å². The smallest absolute Gasteiger partial charge is 0.221 e. The van der Waals surface area contributed by atoms with Crippen LogP contribution in [0.4, 0.5) is 0 Å². The molecule has 4 N–H and O–H groups in total. The van der Waals surface area contributed by atoms with Crippen molar-refractivity contribution in [3.63, 3.8) is 0 Å². The van der Waals surface area contributed by atoms with Crippen molar-refractivity contribution >= 4 is 35.8 Å². The number of aliphatic imine (C=N–C) groups is 1. The van der Waals surface area contributed by atoms with Gasteiger partial charge in [0.15, 0.2) is 5.96 Å². The van der Waals surface area contributed by atoms with Gasteiger partial charge >= 0.3 is 0 Å². The average molecular weight is 564 g/mol. The largest absolute Gasteiger partial charge is 0.369 e. The van der Waals surface area contributed by atoms with Gasteiger partial charge in [-0.1, -0.05) is 55.5 Å². The molecule has 2 aromatic rings. The maximum absolute atomic E-state index is 11.6. The highest BCUT2D eigenvalue weighted by Crippen LogP contribution is 2.19. The van der Waals surface area contributed by atoms with Crippen LogP contribution in [0.15, 0.2) is 53.5 Å². The van der Waals surface area contributed by atoms with Gasteiger partial charge in [-0.05, 0) is 55.0 Å². The molecule has 33 heavy (non-hydrogen) atoms. The summed E-state index contributed by atoms with van der Waals surface area (Å²) in [5, 5.41) is 6.81. The maximum Gasteiger partial charge on any atom is 0.221 e. The van der Waals surface area contributed by atoms with Gasteiger partial charge < -0.3 is 16.4 Å². The third-order valence-electron chi connectivity index (χ3n) is 6.01. The second kappa shape index (κ2) is 14.2. The number of halogens is 1. The quantitative estimate of drug-likeness (QED) is 0.246. The molecule has 0 bridgehead atoms. The van der Waals surface area contributed by atoms with Crippen LogP contribution in [0, 0.1) is 5.92 Å². The molecule has 7 heteroatoms. The molecule has 6 nitrogen and oxygen atoms in total. The summed E-state index contributed by atoms with van der Waals surface area (Å²) in [6, 6.07) is 17.1. The first-order valence-corrected chi connectivity index (χ1v) is 11.8. The van der Waals surface area contributed by atoms with Crippen molar-refractivity contribution in [1.29, 1.82) is 0 Å². The fourth-order valence-corrected chi connectivity index (χ4v) is 4.28. The summed E-state index contributed by atoms with van der Waals surface area (Å²) in [5.74, 6) is 0.620. The lowest BCUT2D eigenvalue weighted by molar-refractivity contribution is -0.123. The SMILES string of the molecule is CCNC(=NCc1cccc(CN2CCCC(C(N)=O)C2)c1)NCc1ccccc1CC.I. The lowest BCUT2D eigenvalue weighted by Crippen LogP contribution is -2.40. The minimum Gasteiger partial charge on any atom is -0.369 e. The number of aryl methyl sites for hydroxylation is 1. The zero-order valence-corrected chi connectivity index (χ0v) is 22.2. The molecule has 180 valence electrons. The van der Waals surface area contributed by atoms with Gasteiger partial charge in [0.05, 0.1) is 12.5 Å². The maximum atomic E-state index is 11.6. The van der Waals surface area contributed by atoms with Crippen LogP contribution in [0.25, 0.3) is 0 Å². The average Bonchev–Trinajstić information content (AvgIpc) is 2.81. The van der Waals surface area contributed by atoms with E-state index in [1.807, 2.05) is 0 Å². The number of nitrogens with one attached hydrogen (secondary N) is 2. The summed E-state index contributed by atoms with van der Waals surface area (Å²) in [4.78, 5) is 18.7. The van der Waals surface area contributed by atoms with Crippen molar-refractivity contribution in [3.05, 3.63) is 70.8 Å². The van der Waals surface area contributed by atoms with Crippen LogP contribution in [0.1, 0.15) is 48.9 Å². The van der Waals surface area contributed by atoms with E-state index in [9.17, 15) is 4.79 Å². The van der Waals surface area contributed by atoms with Crippen LogP contribution >= 0.6 is 24.0 Å². The number of primary amides is 1. The lowest BCUT2D eigenvalue weighted by Gasteiger charge is -2.31. The first kappa shape index (κ1) is 27.1. The topological polar surface area (TPSA) is 82.8 Å². The Morgan fingerprint density at radius 1 is 1.09 bits per heavy atom. The number of carbonyl (C=O) groups excluding carboxylic acids is 1. The summed E-state index contributed by atoms with van der Waals surface area (Å²) in [7, 11) is 0. The summed E-state index contributed by atoms with van der Waals surface area (Å²) in [6.45, 7) is 9.06. The van der Waals surface area contributed by atoms with Gasteiger partial charge in [0, 0.05) is 26.2 Å². The number of hydrogen-bond acceptors (Lipinski definition) is 3. The summed E-state index contributed by atoms with van der Waals surface area (Å²) < 4.78 is 0. The molecule has 1 aliphatic rings. The third-order valence-corrected chi connectivity index (χ3v) is 6.01. The number of nitrogens with zero attached hydrogens (tertiary/aromatic N) is 2. The Balaban J connectivity index is 0.00000385. The molecule has 0 radical (unpaired) electrons. The monoisotopic (exact) mass is 563 g/mol. The Labute approximate surface area is 215 Å². The highest BCUT2D eigenvalue weighted by molar-refractivity contribution is 14.0. The molecule has 1 saturated heterocycles. The van der Waals surface area contributed by atoms with E-state index in [1.54, 1.807) is 0 Å². The number of carbonyl (C=O) groups is 1. The van der Waals surface area contributed by atoms with Crippen LogP contribution in [-0.4, -0.2) is 36.4 Å². The molecule has 0 aliphatic carbocycles. The minimum atomic E-state index is -0.178. The number of hydrogen-bond donors (Lipinski definition) is 3. The molecular weight excluding hydrogens is 525 g/mol. The van der Waals surface area contributed by atoms with E-state index in [4.69, 9.17) is 10.7 Å². The lowest BCUT2D eigenvalue weighted by atomic mass is 9.97. The van der Waals surface area contributed by atoms with Crippen molar-refractivity contribution in [3.8, 4) is 0 Å². The Hall–Kier alpha value is -2.13. The first-order chi connectivity index (χ1) is 15.6. The zero-order valence-electron chi connectivity index (χ0n) is 19.8. The molecule has 1 atom stereocenters. The molecule has 3 rings (SSSR count). The zero-order chi connectivity index (χ0) is 22.8. The highest BCUT2D eigenvalue weighted by Gasteiger charge is 2.23. The van der Waals surface area contributed by atoms with Gasteiger partial charge in [-0.25, -0.2) is 4.99 Å².